The van der Waals surface area contributed by atoms with Crippen molar-refractivity contribution in [1.29, 1.82) is 0 Å². The first-order valence-electron chi connectivity index (χ1n) is 6.15. The first-order valence-corrected chi connectivity index (χ1v) is 6.15. The fraction of sp³-hybridized carbons (Fsp3) is 0.533. The third-order valence-electron chi connectivity index (χ3n) is 2.79. The van der Waals surface area contributed by atoms with Crippen molar-refractivity contribution < 1.29 is 58.2 Å². The molecule has 0 aromatic carbocycles. The van der Waals surface area contributed by atoms with Crippen LogP contribution < -0.4 is 58.2 Å². The third-order valence-corrected chi connectivity index (χ3v) is 2.79. The second-order valence-electron chi connectivity index (χ2n) is 4.91. The Morgan fingerprint density at radius 2 is 2.18 bits per heavy atom. The van der Waals surface area contributed by atoms with Crippen molar-refractivity contribution >= 4 is 5.71 Å². The Morgan fingerprint density at radius 3 is 2.82 bits per heavy atom. The molecule has 0 amide bonds. The Balaban J connectivity index is 0.00000256. The van der Waals surface area contributed by atoms with Crippen LogP contribution >= 0.6 is 0 Å². The van der Waals surface area contributed by atoms with Gasteiger partial charge in [-0.05, 0) is 45.4 Å². The molecular formula is C15H22NRb. The molecule has 0 aliphatic heterocycles. The van der Waals surface area contributed by atoms with Crippen LogP contribution in [-0.4, -0.2) is 5.71 Å². The second-order valence-corrected chi connectivity index (χ2v) is 4.91. The number of nitrogens with zero attached hydrogens (tertiary/aromatic N) is 1. The largest absolute Gasteiger partial charge is 1.00 e. The molecule has 0 saturated heterocycles. The maximum Gasteiger partial charge on any atom is 1.00 e. The van der Waals surface area contributed by atoms with Gasteiger partial charge in [-0.3, -0.25) is 0 Å². The van der Waals surface area contributed by atoms with Gasteiger partial charge in [0.15, 0.2) is 0 Å². The fourth-order valence-electron chi connectivity index (χ4n) is 1.85. The van der Waals surface area contributed by atoms with E-state index >= 15 is 0 Å². The van der Waals surface area contributed by atoms with E-state index in [0.717, 1.165) is 24.8 Å². The molecule has 0 fully saturated rings. The minimum atomic E-state index is 0. The summed E-state index contributed by atoms with van der Waals surface area (Å²) in [5, 5.41) is 9.66. The molecule has 1 aliphatic carbocycles. The summed E-state index contributed by atoms with van der Waals surface area (Å²) in [7, 11) is 0. The average molecular weight is 302 g/mol. The minimum absolute atomic E-state index is 0. The average Bonchev–Trinajstić information content (AvgIpc) is 2.39. The van der Waals surface area contributed by atoms with E-state index in [1.807, 2.05) is 19.9 Å². The summed E-state index contributed by atoms with van der Waals surface area (Å²) in [6, 6.07) is 0. The zero-order valence-electron chi connectivity index (χ0n) is 11.7. The van der Waals surface area contributed by atoms with E-state index in [1.165, 1.54) is 12.0 Å². The molecular weight excluding hydrogens is 280 g/mol. The molecule has 1 unspecified atom stereocenters. The van der Waals surface area contributed by atoms with Gasteiger partial charge in [0, 0.05) is 0 Å². The van der Waals surface area contributed by atoms with Crippen LogP contribution in [0.3, 0.4) is 0 Å². The van der Waals surface area contributed by atoms with Gasteiger partial charge in [-0.25, -0.2) is 0 Å². The molecule has 0 saturated carbocycles. The number of allylic oxidation sites excluding steroid dienone is 6. The molecule has 0 aromatic rings. The maximum atomic E-state index is 9.66. The van der Waals surface area contributed by atoms with Crippen molar-refractivity contribution in [2.75, 3.05) is 0 Å². The van der Waals surface area contributed by atoms with E-state index in [1.54, 1.807) is 0 Å². The molecule has 0 radical (unpaired) electrons. The standard InChI is InChI=1S/C15H22N.Rb/c1-12(2)11-15(16)10-9-14-6-4-5-13(3)7-8-14;/h6-8,11,13H,4-5,9-10H2,1-3H3;/q-1;+1. The topological polar surface area (TPSA) is 22.3 Å². The summed E-state index contributed by atoms with van der Waals surface area (Å²) in [5.74, 6) is 0.684. The smallest absolute Gasteiger partial charge is 0.808 e. The fourth-order valence-corrected chi connectivity index (χ4v) is 1.85. The zero-order valence-corrected chi connectivity index (χ0v) is 16.6. The molecule has 2 heteroatoms. The van der Waals surface area contributed by atoms with E-state index in [9.17, 15) is 5.41 Å². The number of hydrogen-bond acceptors (Lipinski definition) is 0. The molecule has 0 N–H and O–H groups in total. The van der Waals surface area contributed by atoms with Crippen LogP contribution in [-0.2, 0) is 0 Å². The van der Waals surface area contributed by atoms with Crippen LogP contribution in [0, 0.1) is 5.92 Å². The third kappa shape index (κ3) is 8.42. The predicted molar refractivity (Wildman–Crippen MR) is 72.7 cm³/mol. The molecule has 1 aliphatic rings. The van der Waals surface area contributed by atoms with Crippen molar-refractivity contribution in [2.24, 2.45) is 5.92 Å². The Kier molecular flexibility index (Phi) is 10.00. The minimum Gasteiger partial charge on any atom is -0.808 e. The quantitative estimate of drug-likeness (QED) is 0.705. The molecule has 0 heterocycles. The Morgan fingerprint density at radius 1 is 1.47 bits per heavy atom. The van der Waals surface area contributed by atoms with E-state index in [4.69, 9.17) is 0 Å². The normalized spacial score (nSPS) is 18.8. The summed E-state index contributed by atoms with van der Waals surface area (Å²) >= 11 is 0. The Hall–Kier alpha value is 0.695. The Labute approximate surface area is 155 Å². The van der Waals surface area contributed by atoms with Crippen molar-refractivity contribution in [3.05, 3.63) is 40.9 Å². The first kappa shape index (κ1) is 17.7. The van der Waals surface area contributed by atoms with Gasteiger partial charge in [0.25, 0.3) is 0 Å². The van der Waals surface area contributed by atoms with Crippen LogP contribution in [0.25, 0.3) is 5.41 Å². The summed E-state index contributed by atoms with van der Waals surface area (Å²) in [6.07, 6.45) is 12.7. The summed E-state index contributed by atoms with van der Waals surface area (Å²) in [5.41, 5.74) is 3.00. The SMILES string of the molecule is CC(C)=CC(=[N-])CCC1=CCCC(C)C=C1.[Rb+]. The van der Waals surface area contributed by atoms with E-state index in [-0.39, 0.29) is 58.2 Å². The summed E-state index contributed by atoms with van der Waals surface area (Å²) < 4.78 is 0. The molecule has 0 bridgehead atoms. The van der Waals surface area contributed by atoms with Crippen LogP contribution in [0.2, 0.25) is 0 Å². The zero-order chi connectivity index (χ0) is 12.0. The maximum absolute atomic E-state index is 9.66. The molecule has 0 spiro atoms. The monoisotopic (exact) mass is 301 g/mol. The first-order chi connectivity index (χ1) is 7.58. The Bertz CT molecular complexity index is 333. The number of rotatable bonds is 4. The van der Waals surface area contributed by atoms with Gasteiger partial charge in [-0.15, -0.1) is 0 Å². The van der Waals surface area contributed by atoms with Crippen molar-refractivity contribution in [3.8, 4) is 0 Å². The molecule has 1 nitrogen and oxygen atoms in total. The van der Waals surface area contributed by atoms with Gasteiger partial charge >= 0.3 is 58.2 Å². The van der Waals surface area contributed by atoms with E-state index in [2.05, 4.69) is 25.2 Å². The van der Waals surface area contributed by atoms with Gasteiger partial charge in [0.05, 0.1) is 0 Å². The van der Waals surface area contributed by atoms with Crippen LogP contribution in [0.5, 0.6) is 0 Å². The molecule has 88 valence electrons. The molecule has 1 atom stereocenters. The van der Waals surface area contributed by atoms with Crippen LogP contribution in [0.1, 0.15) is 46.5 Å². The molecule has 1 rings (SSSR count). The number of hydrogen-bond donors (Lipinski definition) is 0. The summed E-state index contributed by atoms with van der Waals surface area (Å²) in [6.45, 7) is 6.26. The van der Waals surface area contributed by atoms with Crippen molar-refractivity contribution in [1.82, 2.24) is 0 Å². The predicted octanol–water partition coefficient (Wildman–Crippen LogP) is 1.66. The van der Waals surface area contributed by atoms with Crippen LogP contribution in [0.4, 0.5) is 0 Å². The van der Waals surface area contributed by atoms with Gasteiger partial charge in [0.2, 0.25) is 0 Å². The van der Waals surface area contributed by atoms with Gasteiger partial charge in [-0.2, -0.15) is 5.71 Å². The van der Waals surface area contributed by atoms with Gasteiger partial charge in [0.1, 0.15) is 0 Å². The molecule has 0 aromatic heterocycles. The summed E-state index contributed by atoms with van der Waals surface area (Å²) in [4.78, 5) is 0. The van der Waals surface area contributed by atoms with Crippen molar-refractivity contribution in [3.63, 3.8) is 0 Å². The van der Waals surface area contributed by atoms with Gasteiger partial charge in [-0.1, -0.05) is 42.4 Å². The van der Waals surface area contributed by atoms with Gasteiger partial charge < -0.3 is 5.41 Å². The van der Waals surface area contributed by atoms with E-state index in [0.29, 0.717) is 11.6 Å². The van der Waals surface area contributed by atoms with Crippen molar-refractivity contribution in [2.45, 2.75) is 46.5 Å². The molecule has 17 heavy (non-hydrogen) atoms. The van der Waals surface area contributed by atoms with Crippen LogP contribution in [0.15, 0.2) is 35.5 Å². The second kappa shape index (κ2) is 9.60. The van der Waals surface area contributed by atoms with E-state index < -0.39 is 0 Å².